The summed E-state index contributed by atoms with van der Waals surface area (Å²) in [5.41, 5.74) is 2.42. The molecule has 6 nitrogen and oxygen atoms in total. The summed E-state index contributed by atoms with van der Waals surface area (Å²) in [6, 6.07) is 10.3. The summed E-state index contributed by atoms with van der Waals surface area (Å²) < 4.78 is 1.92. The highest BCUT2D eigenvalue weighted by atomic mass is 127. The van der Waals surface area contributed by atoms with Crippen molar-refractivity contribution >= 4 is 29.9 Å². The zero-order valence-corrected chi connectivity index (χ0v) is 18.2. The lowest BCUT2D eigenvalue weighted by atomic mass is 10.1. The second kappa shape index (κ2) is 11.3. The Morgan fingerprint density at radius 1 is 1.22 bits per heavy atom. The van der Waals surface area contributed by atoms with Crippen LogP contribution in [0, 0.1) is 5.92 Å². The predicted octanol–water partition coefficient (Wildman–Crippen LogP) is 2.77. The van der Waals surface area contributed by atoms with Crippen molar-refractivity contribution in [2.75, 3.05) is 13.1 Å². The largest absolute Gasteiger partial charge is 0.393 e. The van der Waals surface area contributed by atoms with Gasteiger partial charge in [0, 0.05) is 31.4 Å². The van der Waals surface area contributed by atoms with Crippen LogP contribution in [-0.4, -0.2) is 40.0 Å². The van der Waals surface area contributed by atoms with Gasteiger partial charge in [-0.25, -0.2) is 4.99 Å². The van der Waals surface area contributed by atoms with Gasteiger partial charge in [0.25, 0.3) is 0 Å². The number of hydrogen-bond acceptors (Lipinski definition) is 3. The fourth-order valence-corrected chi connectivity index (χ4v) is 3.42. The number of nitrogens with zero attached hydrogens (tertiary/aromatic N) is 3. The number of guanidine groups is 1. The van der Waals surface area contributed by atoms with E-state index in [1.165, 1.54) is 11.1 Å². The maximum Gasteiger partial charge on any atom is 0.191 e. The van der Waals surface area contributed by atoms with Crippen molar-refractivity contribution in [3.8, 4) is 0 Å². The van der Waals surface area contributed by atoms with E-state index in [0.29, 0.717) is 12.5 Å². The fourth-order valence-electron chi connectivity index (χ4n) is 3.42. The summed E-state index contributed by atoms with van der Waals surface area (Å²) in [7, 11) is 0. The normalized spacial score (nSPS) is 19.6. The molecule has 7 heteroatoms. The first-order valence-corrected chi connectivity index (χ1v) is 9.50. The SMILES string of the molecule is CCNC(=NCc1ccccc1Cn1cccn1)NCC1CCCC1O.I. The monoisotopic (exact) mass is 483 g/mol. The molecule has 2 atom stereocenters. The van der Waals surface area contributed by atoms with Crippen molar-refractivity contribution in [3.63, 3.8) is 0 Å². The second-order valence-corrected chi connectivity index (χ2v) is 6.81. The zero-order valence-electron chi connectivity index (χ0n) is 15.8. The Bertz CT molecular complexity index is 704. The summed E-state index contributed by atoms with van der Waals surface area (Å²) >= 11 is 0. The smallest absolute Gasteiger partial charge is 0.191 e. The Morgan fingerprint density at radius 2 is 2.04 bits per heavy atom. The van der Waals surface area contributed by atoms with Gasteiger partial charge in [0.2, 0.25) is 0 Å². The average molecular weight is 483 g/mol. The van der Waals surface area contributed by atoms with E-state index >= 15 is 0 Å². The zero-order chi connectivity index (χ0) is 18.2. The molecule has 3 rings (SSSR count). The molecule has 148 valence electrons. The predicted molar refractivity (Wildman–Crippen MR) is 119 cm³/mol. The van der Waals surface area contributed by atoms with Crippen molar-refractivity contribution in [3.05, 3.63) is 53.9 Å². The van der Waals surface area contributed by atoms with Crippen LogP contribution in [0.25, 0.3) is 0 Å². The molecule has 0 amide bonds. The van der Waals surface area contributed by atoms with Crippen molar-refractivity contribution in [1.29, 1.82) is 0 Å². The summed E-state index contributed by atoms with van der Waals surface area (Å²) in [5.74, 6) is 1.13. The van der Waals surface area contributed by atoms with Crippen molar-refractivity contribution in [2.24, 2.45) is 10.9 Å². The Labute approximate surface area is 178 Å². The molecule has 2 aromatic rings. The van der Waals surface area contributed by atoms with Gasteiger partial charge in [-0.2, -0.15) is 5.10 Å². The molecule has 1 fully saturated rings. The van der Waals surface area contributed by atoms with E-state index < -0.39 is 0 Å². The van der Waals surface area contributed by atoms with Crippen molar-refractivity contribution in [1.82, 2.24) is 20.4 Å². The molecule has 0 bridgehead atoms. The van der Waals surface area contributed by atoms with Crippen molar-refractivity contribution in [2.45, 2.75) is 45.4 Å². The van der Waals surface area contributed by atoms with Crippen molar-refractivity contribution < 1.29 is 5.11 Å². The van der Waals surface area contributed by atoms with Gasteiger partial charge in [-0.3, -0.25) is 4.68 Å². The van der Waals surface area contributed by atoms with Crippen LogP contribution in [0.2, 0.25) is 0 Å². The molecule has 3 N–H and O–H groups in total. The molecule has 1 heterocycles. The van der Waals surface area contributed by atoms with E-state index in [1.54, 1.807) is 6.20 Å². The molecular weight excluding hydrogens is 453 g/mol. The molecule has 0 spiro atoms. The molecule has 0 saturated heterocycles. The molecule has 1 aliphatic carbocycles. The van der Waals surface area contributed by atoms with Gasteiger partial charge in [0.15, 0.2) is 5.96 Å². The standard InChI is InChI=1S/C20H29N5O.HI/c1-2-21-20(23-14-17-9-5-10-19(17)26)22-13-16-7-3-4-8-18(16)15-25-12-6-11-24-25;/h3-4,6-8,11-12,17,19,26H,2,5,9-10,13-15H2,1H3,(H2,21,22,23);1H. The van der Waals surface area contributed by atoms with Crippen LogP contribution in [0.15, 0.2) is 47.7 Å². The second-order valence-electron chi connectivity index (χ2n) is 6.81. The number of rotatable bonds is 7. The molecule has 27 heavy (non-hydrogen) atoms. The average Bonchev–Trinajstić information content (AvgIpc) is 3.30. The van der Waals surface area contributed by atoms with Gasteiger partial charge < -0.3 is 15.7 Å². The molecule has 2 unspecified atom stereocenters. The first-order valence-electron chi connectivity index (χ1n) is 9.50. The highest BCUT2D eigenvalue weighted by Crippen LogP contribution is 2.24. The third kappa shape index (κ3) is 6.49. The molecular formula is C20H30IN5O. The van der Waals surface area contributed by atoms with Crippen LogP contribution in [0.4, 0.5) is 0 Å². The molecule has 1 aromatic carbocycles. The van der Waals surface area contributed by atoms with Crippen LogP contribution in [0.3, 0.4) is 0 Å². The Morgan fingerprint density at radius 3 is 2.70 bits per heavy atom. The van der Waals surface area contributed by atoms with Gasteiger partial charge in [-0.1, -0.05) is 30.7 Å². The molecule has 1 aromatic heterocycles. The molecule has 1 aliphatic rings. The number of nitrogens with one attached hydrogen (secondary N) is 2. The van der Waals surface area contributed by atoms with E-state index in [1.807, 2.05) is 23.0 Å². The maximum atomic E-state index is 9.99. The van der Waals surface area contributed by atoms with E-state index in [0.717, 1.165) is 44.9 Å². The van der Waals surface area contributed by atoms with E-state index in [2.05, 4.69) is 40.9 Å². The van der Waals surface area contributed by atoms with Gasteiger partial charge >= 0.3 is 0 Å². The number of hydrogen-bond donors (Lipinski definition) is 3. The number of halogens is 1. The van der Waals surface area contributed by atoms with Gasteiger partial charge in [0.05, 0.1) is 19.2 Å². The number of benzene rings is 1. The van der Waals surface area contributed by atoms with E-state index in [9.17, 15) is 5.11 Å². The molecule has 0 radical (unpaired) electrons. The third-order valence-corrected chi connectivity index (χ3v) is 4.91. The van der Waals surface area contributed by atoms with Gasteiger partial charge in [0.1, 0.15) is 0 Å². The number of aliphatic hydroxyl groups is 1. The summed E-state index contributed by atoms with van der Waals surface area (Å²) in [6.07, 6.45) is 6.70. The minimum absolute atomic E-state index is 0. The number of aliphatic imine (C=N–C) groups is 1. The summed E-state index contributed by atoms with van der Waals surface area (Å²) in [4.78, 5) is 4.74. The first kappa shape index (κ1) is 21.7. The Hall–Kier alpha value is -1.61. The van der Waals surface area contributed by atoms with E-state index in [-0.39, 0.29) is 30.1 Å². The lowest BCUT2D eigenvalue weighted by Gasteiger charge is -2.18. The quantitative estimate of drug-likeness (QED) is 0.322. The Kier molecular flexibility index (Phi) is 9.06. The third-order valence-electron chi connectivity index (χ3n) is 4.91. The lowest BCUT2D eigenvalue weighted by Crippen LogP contribution is -2.41. The fraction of sp³-hybridized carbons (Fsp3) is 0.500. The first-order chi connectivity index (χ1) is 12.8. The van der Waals surface area contributed by atoms with Crippen LogP contribution < -0.4 is 10.6 Å². The van der Waals surface area contributed by atoms with Gasteiger partial charge in [-0.15, -0.1) is 24.0 Å². The number of aromatic nitrogens is 2. The number of aliphatic hydroxyl groups excluding tert-OH is 1. The Balaban J connectivity index is 0.00000261. The minimum atomic E-state index is -0.180. The van der Waals surface area contributed by atoms with E-state index in [4.69, 9.17) is 4.99 Å². The van der Waals surface area contributed by atoms with Crippen LogP contribution in [0.1, 0.15) is 37.3 Å². The molecule has 1 saturated carbocycles. The minimum Gasteiger partial charge on any atom is -0.393 e. The highest BCUT2D eigenvalue weighted by Gasteiger charge is 2.24. The van der Waals surface area contributed by atoms with Crippen LogP contribution >= 0.6 is 24.0 Å². The highest BCUT2D eigenvalue weighted by molar-refractivity contribution is 14.0. The topological polar surface area (TPSA) is 74.5 Å². The lowest BCUT2D eigenvalue weighted by molar-refractivity contribution is 0.134. The van der Waals surface area contributed by atoms with Crippen LogP contribution in [0.5, 0.6) is 0 Å². The van der Waals surface area contributed by atoms with Crippen LogP contribution in [-0.2, 0) is 13.1 Å². The summed E-state index contributed by atoms with van der Waals surface area (Å²) in [6.45, 7) is 5.00. The van der Waals surface area contributed by atoms with Gasteiger partial charge in [-0.05, 0) is 37.0 Å². The summed E-state index contributed by atoms with van der Waals surface area (Å²) in [5, 5.41) is 21.0. The molecule has 0 aliphatic heterocycles. The maximum absolute atomic E-state index is 9.99.